The van der Waals surface area contributed by atoms with Crippen molar-refractivity contribution in [2.45, 2.75) is 4.34 Å². The molecule has 1 aromatic heterocycles. The van der Waals surface area contributed by atoms with E-state index in [0.717, 1.165) is 4.34 Å². The summed E-state index contributed by atoms with van der Waals surface area (Å²) in [6, 6.07) is 6.38. The summed E-state index contributed by atoms with van der Waals surface area (Å²) < 4.78 is 6.01. The van der Waals surface area contributed by atoms with Crippen molar-refractivity contribution in [1.29, 1.82) is 0 Å². The van der Waals surface area contributed by atoms with Crippen molar-refractivity contribution in [2.24, 2.45) is 0 Å². The van der Waals surface area contributed by atoms with Gasteiger partial charge in [-0.1, -0.05) is 23.9 Å². The molecule has 0 saturated carbocycles. The summed E-state index contributed by atoms with van der Waals surface area (Å²) in [5.74, 6) is 0.414. The molecule has 0 bridgehead atoms. The Morgan fingerprint density at radius 2 is 2.21 bits per heavy atom. The molecule has 24 heavy (non-hydrogen) atoms. The molecular formula is C15H15N3O4S2. The first kappa shape index (κ1) is 16.9. The van der Waals surface area contributed by atoms with Crippen LogP contribution in [0.5, 0.6) is 0 Å². The first-order valence-corrected chi connectivity index (χ1v) is 9.18. The molecule has 0 aliphatic carbocycles. The van der Waals surface area contributed by atoms with Crippen molar-refractivity contribution in [2.75, 3.05) is 32.1 Å². The van der Waals surface area contributed by atoms with E-state index in [2.05, 4.69) is 4.98 Å². The molecule has 2 heterocycles. The molecular weight excluding hydrogens is 350 g/mol. The van der Waals surface area contributed by atoms with Crippen molar-refractivity contribution in [3.05, 3.63) is 39.8 Å². The molecule has 0 N–H and O–H groups in total. The number of carbonyl (C=O) groups excluding carboxylic acids is 1. The molecule has 1 aliphatic heterocycles. The quantitative estimate of drug-likeness (QED) is 0.460. The van der Waals surface area contributed by atoms with E-state index in [1.165, 1.54) is 35.2 Å². The van der Waals surface area contributed by atoms with Gasteiger partial charge in [-0.15, -0.1) is 11.3 Å². The van der Waals surface area contributed by atoms with Crippen LogP contribution in [0.2, 0.25) is 0 Å². The zero-order chi connectivity index (χ0) is 16.9. The molecule has 2 aromatic rings. The molecule has 0 radical (unpaired) electrons. The van der Waals surface area contributed by atoms with E-state index >= 15 is 0 Å². The second-order valence-corrected chi connectivity index (χ2v) is 7.17. The van der Waals surface area contributed by atoms with Crippen LogP contribution in [-0.2, 0) is 9.53 Å². The van der Waals surface area contributed by atoms with Crippen molar-refractivity contribution < 1.29 is 14.5 Å². The maximum Gasteiger partial charge on any atom is 0.270 e. The van der Waals surface area contributed by atoms with Gasteiger partial charge < -0.3 is 9.64 Å². The highest BCUT2D eigenvalue weighted by Crippen LogP contribution is 2.30. The van der Waals surface area contributed by atoms with Gasteiger partial charge in [-0.25, -0.2) is 4.98 Å². The molecule has 126 valence electrons. The van der Waals surface area contributed by atoms with Gasteiger partial charge in [0.15, 0.2) is 4.34 Å². The van der Waals surface area contributed by atoms with Gasteiger partial charge in [0.1, 0.15) is 0 Å². The van der Waals surface area contributed by atoms with Crippen molar-refractivity contribution in [3.63, 3.8) is 0 Å². The summed E-state index contributed by atoms with van der Waals surface area (Å²) in [6.07, 6.45) is 0. The van der Waals surface area contributed by atoms with Gasteiger partial charge in [0.05, 0.1) is 29.6 Å². The fraction of sp³-hybridized carbons (Fsp3) is 0.333. The van der Waals surface area contributed by atoms with E-state index in [0.29, 0.717) is 43.3 Å². The van der Waals surface area contributed by atoms with Crippen LogP contribution in [0.1, 0.15) is 0 Å². The maximum absolute atomic E-state index is 12.1. The molecule has 9 heteroatoms. The van der Waals surface area contributed by atoms with Gasteiger partial charge in [0.25, 0.3) is 5.69 Å². The number of amides is 1. The van der Waals surface area contributed by atoms with Gasteiger partial charge >= 0.3 is 0 Å². The van der Waals surface area contributed by atoms with Crippen LogP contribution in [-0.4, -0.2) is 52.8 Å². The van der Waals surface area contributed by atoms with Crippen LogP contribution in [0.4, 0.5) is 5.69 Å². The normalized spacial score (nSPS) is 14.6. The molecule has 0 atom stereocenters. The third-order valence-electron chi connectivity index (χ3n) is 3.52. The van der Waals surface area contributed by atoms with Gasteiger partial charge in [-0.05, 0) is 0 Å². The summed E-state index contributed by atoms with van der Waals surface area (Å²) in [6.45, 7) is 2.45. The van der Waals surface area contributed by atoms with E-state index < -0.39 is 4.92 Å². The lowest BCUT2D eigenvalue weighted by molar-refractivity contribution is -0.384. The summed E-state index contributed by atoms with van der Waals surface area (Å²) in [5.41, 5.74) is 1.43. The molecule has 1 saturated heterocycles. The number of benzene rings is 1. The Kier molecular flexibility index (Phi) is 5.44. The summed E-state index contributed by atoms with van der Waals surface area (Å²) >= 11 is 2.82. The topological polar surface area (TPSA) is 85.6 Å². The lowest BCUT2D eigenvalue weighted by Gasteiger charge is -2.26. The van der Waals surface area contributed by atoms with Crippen LogP contribution >= 0.6 is 23.1 Å². The number of ether oxygens (including phenoxy) is 1. The number of hydrogen-bond acceptors (Lipinski definition) is 7. The average molecular weight is 365 g/mol. The molecule has 0 unspecified atom stereocenters. The molecule has 1 aliphatic rings. The third-order valence-corrected chi connectivity index (χ3v) is 5.52. The molecule has 1 amide bonds. The third kappa shape index (κ3) is 4.11. The number of non-ortho nitro benzene ring substituents is 1. The number of thiazole rings is 1. The number of nitrogens with zero attached hydrogens (tertiary/aromatic N) is 3. The van der Waals surface area contributed by atoms with Crippen molar-refractivity contribution in [3.8, 4) is 11.3 Å². The monoisotopic (exact) mass is 365 g/mol. The minimum Gasteiger partial charge on any atom is -0.378 e. The largest absolute Gasteiger partial charge is 0.378 e. The average Bonchev–Trinajstić information content (AvgIpc) is 3.09. The smallest absolute Gasteiger partial charge is 0.270 e. The zero-order valence-corrected chi connectivity index (χ0v) is 14.3. The zero-order valence-electron chi connectivity index (χ0n) is 12.7. The number of hydrogen-bond donors (Lipinski definition) is 0. The van der Waals surface area contributed by atoms with Gasteiger partial charge in [0, 0.05) is 36.2 Å². The number of nitro benzene ring substituents is 1. The fourth-order valence-corrected chi connectivity index (χ4v) is 4.00. The molecule has 1 aromatic carbocycles. The number of rotatable bonds is 5. The Hall–Kier alpha value is -1.97. The van der Waals surface area contributed by atoms with Gasteiger partial charge in [-0.3, -0.25) is 14.9 Å². The molecule has 0 spiro atoms. The van der Waals surface area contributed by atoms with Crippen LogP contribution in [0.15, 0.2) is 34.0 Å². The van der Waals surface area contributed by atoms with E-state index in [1.807, 2.05) is 5.38 Å². The van der Waals surface area contributed by atoms with Crippen molar-refractivity contribution >= 4 is 34.7 Å². The standard InChI is InChI=1S/C15H15N3O4S2/c19-14(17-4-6-22-7-5-17)10-24-15-16-13(9-23-15)11-2-1-3-12(8-11)18(20)21/h1-3,8-9H,4-7,10H2. The maximum atomic E-state index is 12.1. The van der Waals surface area contributed by atoms with Crippen molar-refractivity contribution in [1.82, 2.24) is 9.88 Å². The number of morpholine rings is 1. The van der Waals surface area contributed by atoms with Crippen LogP contribution < -0.4 is 0 Å². The lowest BCUT2D eigenvalue weighted by Crippen LogP contribution is -2.41. The number of aromatic nitrogens is 1. The van der Waals surface area contributed by atoms with E-state index in [4.69, 9.17) is 4.74 Å². The van der Waals surface area contributed by atoms with Gasteiger partial charge in [0.2, 0.25) is 5.91 Å². The minimum atomic E-state index is -0.424. The SMILES string of the molecule is O=C(CSc1nc(-c2cccc([N+](=O)[O-])c2)cs1)N1CCOCC1. The second-order valence-electron chi connectivity index (χ2n) is 5.09. The van der Waals surface area contributed by atoms with Crippen LogP contribution in [0, 0.1) is 10.1 Å². The first-order chi connectivity index (χ1) is 11.6. The Morgan fingerprint density at radius 3 is 2.96 bits per heavy atom. The Bertz CT molecular complexity index is 744. The van der Waals surface area contributed by atoms with E-state index in [-0.39, 0.29) is 11.6 Å². The number of thioether (sulfide) groups is 1. The number of carbonyl (C=O) groups is 1. The summed E-state index contributed by atoms with van der Waals surface area (Å²) in [4.78, 5) is 28.8. The Labute approximate surface area is 146 Å². The molecule has 3 rings (SSSR count). The summed E-state index contributed by atoms with van der Waals surface area (Å²) in [7, 11) is 0. The van der Waals surface area contributed by atoms with Crippen LogP contribution in [0.25, 0.3) is 11.3 Å². The highest BCUT2D eigenvalue weighted by atomic mass is 32.2. The molecule has 1 fully saturated rings. The number of nitro groups is 1. The van der Waals surface area contributed by atoms with Crippen LogP contribution in [0.3, 0.4) is 0 Å². The minimum absolute atomic E-state index is 0.0391. The van der Waals surface area contributed by atoms with Gasteiger partial charge in [-0.2, -0.15) is 0 Å². The Balaban J connectivity index is 1.62. The first-order valence-electron chi connectivity index (χ1n) is 7.32. The Morgan fingerprint density at radius 1 is 1.42 bits per heavy atom. The summed E-state index contributed by atoms with van der Waals surface area (Å²) in [5, 5.41) is 12.7. The predicted octanol–water partition coefficient (Wildman–Crippen LogP) is 2.67. The highest BCUT2D eigenvalue weighted by Gasteiger charge is 2.17. The van der Waals surface area contributed by atoms with E-state index in [9.17, 15) is 14.9 Å². The highest BCUT2D eigenvalue weighted by molar-refractivity contribution is 8.01. The second kappa shape index (κ2) is 7.73. The fourth-order valence-electron chi connectivity index (χ4n) is 2.26. The predicted molar refractivity (Wildman–Crippen MR) is 92.3 cm³/mol. The lowest BCUT2D eigenvalue weighted by atomic mass is 10.1. The molecule has 7 nitrogen and oxygen atoms in total. The van der Waals surface area contributed by atoms with E-state index in [1.54, 1.807) is 17.0 Å².